The second-order valence-corrected chi connectivity index (χ2v) is 6.42. The van der Waals surface area contributed by atoms with Crippen molar-refractivity contribution in [3.05, 3.63) is 35.0 Å². The predicted molar refractivity (Wildman–Crippen MR) is 83.4 cm³/mol. The number of carbonyl (C=O) groups is 1. The highest BCUT2D eigenvalue weighted by molar-refractivity contribution is 8.00. The highest BCUT2D eigenvalue weighted by atomic mass is 32.2. The zero-order chi connectivity index (χ0) is 15.3. The van der Waals surface area contributed by atoms with Crippen molar-refractivity contribution < 1.29 is 14.3 Å². The normalized spacial score (nSPS) is 19.5. The van der Waals surface area contributed by atoms with E-state index in [1.165, 1.54) is 0 Å². The van der Waals surface area contributed by atoms with Gasteiger partial charge < -0.3 is 14.8 Å². The van der Waals surface area contributed by atoms with Crippen molar-refractivity contribution in [3.63, 3.8) is 0 Å². The molecule has 0 spiro atoms. The Bertz CT molecular complexity index is 772. The first kappa shape index (κ1) is 13.5. The number of fused-ring (bicyclic) bond motifs is 2. The van der Waals surface area contributed by atoms with Gasteiger partial charge in [-0.05, 0) is 24.6 Å². The van der Waals surface area contributed by atoms with Crippen LogP contribution < -0.4 is 14.8 Å². The third-order valence-electron chi connectivity index (χ3n) is 3.87. The van der Waals surface area contributed by atoms with E-state index in [0.717, 1.165) is 34.1 Å². The summed E-state index contributed by atoms with van der Waals surface area (Å²) >= 11 is 1.60. The molecule has 1 N–H and O–H groups in total. The Morgan fingerprint density at radius 3 is 3.05 bits per heavy atom. The lowest BCUT2D eigenvalue weighted by molar-refractivity contribution is -0.113. The average molecular weight is 317 g/mol. The Hall–Kier alpha value is -2.15. The molecule has 0 unspecified atom stereocenters. The highest BCUT2D eigenvalue weighted by Gasteiger charge is 2.30. The van der Waals surface area contributed by atoms with E-state index in [-0.39, 0.29) is 18.0 Å². The molecule has 0 radical (unpaired) electrons. The maximum atomic E-state index is 12.0. The molecule has 6 nitrogen and oxygen atoms in total. The molecule has 1 amide bonds. The fourth-order valence-electron chi connectivity index (χ4n) is 2.89. The van der Waals surface area contributed by atoms with E-state index in [1.54, 1.807) is 16.4 Å². The lowest BCUT2D eigenvalue weighted by Crippen LogP contribution is -2.15. The number of nitrogens with zero attached hydrogens (tertiary/aromatic N) is 2. The number of carbonyl (C=O) groups excluding carboxylic acids is 1. The Kier molecular flexibility index (Phi) is 3.04. The summed E-state index contributed by atoms with van der Waals surface area (Å²) in [5.74, 6) is 2.70. The zero-order valence-electron chi connectivity index (χ0n) is 12.3. The molecule has 114 valence electrons. The summed E-state index contributed by atoms with van der Waals surface area (Å²) in [5.41, 5.74) is 3.06. The minimum atomic E-state index is -0.00232. The van der Waals surface area contributed by atoms with E-state index in [4.69, 9.17) is 9.47 Å². The third-order valence-corrected chi connectivity index (χ3v) is 5.14. The van der Waals surface area contributed by atoms with Gasteiger partial charge in [0.15, 0.2) is 11.5 Å². The number of aryl methyl sites for hydroxylation is 2. The minimum Gasteiger partial charge on any atom is -0.454 e. The maximum absolute atomic E-state index is 12.0. The molecule has 1 atom stereocenters. The Labute approximate surface area is 131 Å². The number of thioether (sulfide) groups is 1. The number of nitrogens with one attached hydrogen (secondary N) is 1. The van der Waals surface area contributed by atoms with E-state index in [9.17, 15) is 4.79 Å². The van der Waals surface area contributed by atoms with Gasteiger partial charge in [-0.1, -0.05) is 6.07 Å². The molecule has 3 heterocycles. The van der Waals surface area contributed by atoms with Gasteiger partial charge in [0, 0.05) is 12.6 Å². The third kappa shape index (κ3) is 2.04. The van der Waals surface area contributed by atoms with Crippen molar-refractivity contribution in [2.45, 2.75) is 12.2 Å². The first-order valence-corrected chi connectivity index (χ1v) is 8.03. The summed E-state index contributed by atoms with van der Waals surface area (Å²) in [5, 5.41) is 7.44. The van der Waals surface area contributed by atoms with Crippen LogP contribution in [-0.4, -0.2) is 28.2 Å². The topological polar surface area (TPSA) is 65.4 Å². The monoisotopic (exact) mass is 317 g/mol. The summed E-state index contributed by atoms with van der Waals surface area (Å²) in [6.07, 6.45) is 0. The molecular weight excluding hydrogens is 302 g/mol. The lowest BCUT2D eigenvalue weighted by atomic mass is 10.0. The van der Waals surface area contributed by atoms with Crippen molar-refractivity contribution in [1.29, 1.82) is 0 Å². The fourth-order valence-corrected chi connectivity index (χ4v) is 4.06. The van der Waals surface area contributed by atoms with Crippen molar-refractivity contribution in [1.82, 2.24) is 9.78 Å². The van der Waals surface area contributed by atoms with Crippen molar-refractivity contribution in [3.8, 4) is 11.5 Å². The van der Waals surface area contributed by atoms with Crippen LogP contribution in [0, 0.1) is 6.92 Å². The van der Waals surface area contributed by atoms with Crippen molar-refractivity contribution >= 4 is 23.5 Å². The highest BCUT2D eigenvalue weighted by Crippen LogP contribution is 2.45. The number of aromatic nitrogens is 2. The number of hydrogen-bond acceptors (Lipinski definition) is 5. The van der Waals surface area contributed by atoms with Crippen LogP contribution in [0.15, 0.2) is 18.2 Å². The molecule has 1 aromatic carbocycles. The fraction of sp³-hybridized carbons (Fsp3) is 0.333. The molecule has 2 aliphatic heterocycles. The molecule has 7 heteroatoms. The Balaban J connectivity index is 1.83. The summed E-state index contributed by atoms with van der Waals surface area (Å²) in [4.78, 5) is 12.0. The van der Waals surface area contributed by atoms with Gasteiger partial charge in [-0.15, -0.1) is 11.8 Å². The standard InChI is InChI=1S/C15H15N3O3S/c1-8-13-14(9-3-4-10-11(5-9)21-7-20-10)22-6-12(19)16-15(13)18(2)17-8/h3-5,14H,6-7H2,1-2H3,(H,16,19)/t14-/m0/s1. The van der Waals surface area contributed by atoms with E-state index in [0.29, 0.717) is 5.75 Å². The van der Waals surface area contributed by atoms with Gasteiger partial charge in [-0.2, -0.15) is 5.10 Å². The second-order valence-electron chi connectivity index (χ2n) is 5.32. The molecule has 0 fully saturated rings. The number of benzene rings is 1. The molecule has 2 aromatic rings. The van der Waals surface area contributed by atoms with E-state index in [1.807, 2.05) is 32.2 Å². The quantitative estimate of drug-likeness (QED) is 0.874. The van der Waals surface area contributed by atoms with Crippen LogP contribution >= 0.6 is 11.8 Å². The van der Waals surface area contributed by atoms with Crippen LogP contribution in [0.3, 0.4) is 0 Å². The van der Waals surface area contributed by atoms with E-state index < -0.39 is 0 Å². The van der Waals surface area contributed by atoms with Gasteiger partial charge in [0.25, 0.3) is 0 Å². The number of amides is 1. The van der Waals surface area contributed by atoms with Crippen LogP contribution in [0.25, 0.3) is 0 Å². The molecule has 2 aliphatic rings. The number of hydrogen-bond donors (Lipinski definition) is 1. The van der Waals surface area contributed by atoms with Crippen LogP contribution in [0.5, 0.6) is 11.5 Å². The first-order chi connectivity index (χ1) is 10.6. The SMILES string of the molecule is Cc1nn(C)c2c1[C@H](c1ccc3c(c1)OCO3)SCC(=O)N2. The van der Waals surface area contributed by atoms with Gasteiger partial charge in [0.1, 0.15) is 5.82 Å². The largest absolute Gasteiger partial charge is 0.454 e. The molecule has 1 aromatic heterocycles. The average Bonchev–Trinajstić information content (AvgIpc) is 3.00. The Morgan fingerprint density at radius 1 is 1.36 bits per heavy atom. The van der Waals surface area contributed by atoms with E-state index in [2.05, 4.69) is 10.4 Å². The summed E-state index contributed by atoms with van der Waals surface area (Å²) in [6, 6.07) is 5.94. The summed E-state index contributed by atoms with van der Waals surface area (Å²) < 4.78 is 12.6. The van der Waals surface area contributed by atoms with Crippen LogP contribution in [0.4, 0.5) is 5.82 Å². The van der Waals surface area contributed by atoms with Gasteiger partial charge in [-0.3, -0.25) is 9.48 Å². The Morgan fingerprint density at radius 2 is 2.18 bits per heavy atom. The molecule has 0 bridgehead atoms. The van der Waals surface area contributed by atoms with Crippen molar-refractivity contribution in [2.75, 3.05) is 17.9 Å². The van der Waals surface area contributed by atoms with Gasteiger partial charge in [0.2, 0.25) is 12.7 Å². The lowest BCUT2D eigenvalue weighted by Gasteiger charge is -2.15. The summed E-state index contributed by atoms with van der Waals surface area (Å²) in [6.45, 7) is 2.23. The zero-order valence-corrected chi connectivity index (χ0v) is 13.1. The maximum Gasteiger partial charge on any atom is 0.235 e. The molecule has 4 rings (SSSR count). The van der Waals surface area contributed by atoms with Gasteiger partial charge in [-0.25, -0.2) is 0 Å². The first-order valence-electron chi connectivity index (χ1n) is 6.98. The van der Waals surface area contributed by atoms with Crippen LogP contribution in [0.1, 0.15) is 22.1 Å². The molecular formula is C15H15N3O3S. The molecule has 22 heavy (non-hydrogen) atoms. The second kappa shape index (κ2) is 4.95. The van der Waals surface area contributed by atoms with Crippen LogP contribution in [-0.2, 0) is 11.8 Å². The minimum absolute atomic E-state index is 0.00232. The predicted octanol–water partition coefficient (Wildman–Crippen LogP) is 2.23. The molecule has 0 aliphatic carbocycles. The van der Waals surface area contributed by atoms with Gasteiger partial charge in [0.05, 0.1) is 16.7 Å². The van der Waals surface area contributed by atoms with E-state index >= 15 is 0 Å². The number of rotatable bonds is 1. The smallest absolute Gasteiger partial charge is 0.235 e. The number of ether oxygens (including phenoxy) is 2. The molecule has 0 saturated carbocycles. The van der Waals surface area contributed by atoms with Crippen molar-refractivity contribution in [2.24, 2.45) is 7.05 Å². The number of anilines is 1. The molecule has 0 saturated heterocycles. The van der Waals surface area contributed by atoms with Crippen LogP contribution in [0.2, 0.25) is 0 Å². The summed E-state index contributed by atoms with van der Waals surface area (Å²) in [7, 11) is 1.85. The van der Waals surface area contributed by atoms with Gasteiger partial charge >= 0.3 is 0 Å².